The van der Waals surface area contributed by atoms with Crippen LogP contribution in [0.1, 0.15) is 5.56 Å². The van der Waals surface area contributed by atoms with Crippen molar-refractivity contribution in [3.05, 3.63) is 181 Å². The van der Waals surface area contributed by atoms with Crippen molar-refractivity contribution in [1.29, 1.82) is 5.26 Å². The first-order valence-electron chi connectivity index (χ1n) is 17.3. The predicted molar refractivity (Wildman–Crippen MR) is 212 cm³/mol. The molecule has 0 amide bonds. The Balaban J connectivity index is 1.26. The van der Waals surface area contributed by atoms with Crippen molar-refractivity contribution in [2.75, 3.05) is 0 Å². The Morgan fingerprint density at radius 1 is 0.442 bits per heavy atom. The van der Waals surface area contributed by atoms with E-state index in [1.54, 1.807) is 0 Å². The van der Waals surface area contributed by atoms with Crippen molar-refractivity contribution in [2.24, 2.45) is 0 Å². The fourth-order valence-corrected chi connectivity index (χ4v) is 7.67. The minimum absolute atomic E-state index is 0.632. The molecule has 0 N–H and O–H groups in total. The van der Waals surface area contributed by atoms with Crippen LogP contribution >= 0.6 is 0 Å². The number of nitrogens with zero attached hydrogens (tertiary/aromatic N) is 5. The van der Waals surface area contributed by atoms with Crippen LogP contribution < -0.4 is 0 Å². The molecule has 0 radical (unpaired) electrons. The topological polar surface area (TPSA) is 59.4 Å². The average molecular weight is 664 g/mol. The van der Waals surface area contributed by atoms with Crippen LogP contribution in [0.2, 0.25) is 0 Å². The van der Waals surface area contributed by atoms with Crippen molar-refractivity contribution in [1.82, 2.24) is 19.1 Å². The van der Waals surface area contributed by atoms with Crippen LogP contribution in [0.15, 0.2) is 176 Å². The molecule has 0 aliphatic rings. The van der Waals surface area contributed by atoms with Gasteiger partial charge < -0.3 is 9.13 Å². The van der Waals surface area contributed by atoms with Crippen LogP contribution in [0, 0.1) is 11.3 Å². The lowest BCUT2D eigenvalue weighted by Gasteiger charge is -2.13. The lowest BCUT2D eigenvalue weighted by atomic mass is 10.1. The van der Waals surface area contributed by atoms with Gasteiger partial charge in [-0.05, 0) is 48.5 Å². The summed E-state index contributed by atoms with van der Waals surface area (Å²) >= 11 is 0. The smallest absolute Gasteiger partial charge is 0.160 e. The molecule has 3 heterocycles. The second-order valence-electron chi connectivity index (χ2n) is 12.9. The molecule has 5 heteroatoms. The van der Waals surface area contributed by atoms with Gasteiger partial charge in [-0.2, -0.15) is 5.26 Å². The van der Waals surface area contributed by atoms with Crippen LogP contribution in [0.5, 0.6) is 0 Å². The largest absolute Gasteiger partial charge is 0.309 e. The van der Waals surface area contributed by atoms with E-state index >= 15 is 0 Å². The van der Waals surface area contributed by atoms with Crippen molar-refractivity contribution in [3.8, 4) is 51.3 Å². The maximum Gasteiger partial charge on any atom is 0.160 e. The van der Waals surface area contributed by atoms with Gasteiger partial charge in [-0.25, -0.2) is 9.97 Å². The standard InChI is InChI=1S/C47H29N5/c48-30-34-18-7-10-23-41(34)52-43-25-12-9-22-38(43)45-44(52)27-26-37-36-21-8-11-24-42(36)51(46(37)45)35-20-13-19-33(28-35)40-29-39(31-14-3-1-4-15-31)49-47(50-40)32-16-5-2-6-17-32/h1-29H. The molecule has 10 aromatic rings. The molecule has 10 rings (SSSR count). The molecular formula is C47H29N5. The summed E-state index contributed by atoms with van der Waals surface area (Å²) in [5.41, 5.74) is 11.6. The van der Waals surface area contributed by atoms with E-state index in [-0.39, 0.29) is 0 Å². The third-order valence-electron chi connectivity index (χ3n) is 9.96. The summed E-state index contributed by atoms with van der Waals surface area (Å²) < 4.78 is 4.62. The van der Waals surface area contributed by atoms with Crippen molar-refractivity contribution < 1.29 is 0 Å². The first kappa shape index (κ1) is 29.6. The van der Waals surface area contributed by atoms with Crippen LogP contribution in [-0.2, 0) is 0 Å². The second-order valence-corrected chi connectivity index (χ2v) is 12.9. The van der Waals surface area contributed by atoms with E-state index in [9.17, 15) is 5.26 Å². The summed E-state index contributed by atoms with van der Waals surface area (Å²) in [5, 5.41) is 14.8. The van der Waals surface area contributed by atoms with Gasteiger partial charge in [-0.1, -0.05) is 127 Å². The quantitative estimate of drug-likeness (QED) is 0.184. The maximum atomic E-state index is 10.1. The van der Waals surface area contributed by atoms with E-state index in [0.29, 0.717) is 11.4 Å². The molecule has 0 saturated heterocycles. The normalized spacial score (nSPS) is 11.4. The Bertz CT molecular complexity index is 2960. The van der Waals surface area contributed by atoms with E-state index in [1.165, 1.54) is 10.8 Å². The molecule has 0 fully saturated rings. The number of rotatable bonds is 5. The highest BCUT2D eigenvalue weighted by molar-refractivity contribution is 6.26. The van der Waals surface area contributed by atoms with Crippen molar-refractivity contribution in [2.45, 2.75) is 0 Å². The van der Waals surface area contributed by atoms with Gasteiger partial charge in [0, 0.05) is 43.9 Å². The highest BCUT2D eigenvalue weighted by Gasteiger charge is 2.22. The van der Waals surface area contributed by atoms with Crippen LogP contribution in [0.25, 0.3) is 88.9 Å². The van der Waals surface area contributed by atoms with Gasteiger partial charge in [0.05, 0.1) is 44.7 Å². The molecule has 0 bridgehead atoms. The SMILES string of the molecule is N#Cc1ccccc1-n1c2ccccc2c2c1ccc1c3ccccc3n(-c3cccc(-c4cc(-c5ccccc5)nc(-c5ccccc5)n4)c3)c12. The van der Waals surface area contributed by atoms with Gasteiger partial charge in [-0.15, -0.1) is 0 Å². The predicted octanol–water partition coefficient (Wildman–Crippen LogP) is 11.5. The number of nitriles is 1. The fourth-order valence-electron chi connectivity index (χ4n) is 7.67. The number of aromatic nitrogens is 4. The monoisotopic (exact) mass is 663 g/mol. The van der Waals surface area contributed by atoms with E-state index < -0.39 is 0 Å². The summed E-state index contributed by atoms with van der Waals surface area (Å²) in [4.78, 5) is 10.2. The third-order valence-corrected chi connectivity index (χ3v) is 9.96. The minimum Gasteiger partial charge on any atom is -0.309 e. The van der Waals surface area contributed by atoms with E-state index in [1.807, 2.05) is 60.7 Å². The summed E-state index contributed by atoms with van der Waals surface area (Å²) in [6, 6.07) is 63.0. The minimum atomic E-state index is 0.632. The lowest BCUT2D eigenvalue weighted by Crippen LogP contribution is -1.98. The van der Waals surface area contributed by atoms with E-state index in [2.05, 4.69) is 130 Å². The summed E-state index contributed by atoms with van der Waals surface area (Å²) in [6.45, 7) is 0. The van der Waals surface area contributed by atoms with E-state index in [0.717, 1.165) is 72.3 Å². The van der Waals surface area contributed by atoms with E-state index in [4.69, 9.17) is 9.97 Å². The maximum absolute atomic E-state index is 10.1. The Morgan fingerprint density at radius 3 is 1.83 bits per heavy atom. The molecule has 7 aromatic carbocycles. The number of para-hydroxylation sites is 3. The number of fused-ring (bicyclic) bond motifs is 7. The molecule has 242 valence electrons. The van der Waals surface area contributed by atoms with Gasteiger partial charge >= 0.3 is 0 Å². The average Bonchev–Trinajstić information content (AvgIpc) is 3.74. The van der Waals surface area contributed by atoms with Gasteiger partial charge in [0.1, 0.15) is 6.07 Å². The fraction of sp³-hybridized carbons (Fsp3) is 0. The Kier molecular flexibility index (Phi) is 6.80. The number of hydrogen-bond donors (Lipinski definition) is 0. The summed E-state index contributed by atoms with van der Waals surface area (Å²) in [5.74, 6) is 0.686. The molecule has 0 saturated carbocycles. The first-order chi connectivity index (χ1) is 25.8. The second kappa shape index (κ2) is 11.9. The van der Waals surface area contributed by atoms with Gasteiger partial charge in [0.2, 0.25) is 0 Å². The molecule has 0 aliphatic heterocycles. The Morgan fingerprint density at radius 2 is 1.06 bits per heavy atom. The van der Waals surface area contributed by atoms with Gasteiger partial charge in [-0.3, -0.25) is 0 Å². The van der Waals surface area contributed by atoms with Gasteiger partial charge in [0.15, 0.2) is 5.82 Å². The Labute approximate surface area is 299 Å². The zero-order chi connectivity index (χ0) is 34.6. The number of hydrogen-bond acceptors (Lipinski definition) is 3. The molecule has 3 aromatic heterocycles. The summed E-state index contributed by atoms with van der Waals surface area (Å²) in [7, 11) is 0. The molecule has 0 aliphatic carbocycles. The Hall–Kier alpha value is -7.29. The van der Waals surface area contributed by atoms with Crippen molar-refractivity contribution >= 4 is 43.6 Å². The van der Waals surface area contributed by atoms with Crippen LogP contribution in [0.4, 0.5) is 0 Å². The molecule has 52 heavy (non-hydrogen) atoms. The first-order valence-corrected chi connectivity index (χ1v) is 17.3. The summed E-state index contributed by atoms with van der Waals surface area (Å²) in [6.07, 6.45) is 0. The van der Waals surface area contributed by atoms with Gasteiger partial charge in [0.25, 0.3) is 0 Å². The number of benzene rings is 7. The molecule has 0 spiro atoms. The zero-order valence-electron chi connectivity index (χ0n) is 28.0. The zero-order valence-corrected chi connectivity index (χ0v) is 28.0. The van der Waals surface area contributed by atoms with Crippen LogP contribution in [-0.4, -0.2) is 19.1 Å². The molecule has 0 unspecified atom stereocenters. The molecule has 0 atom stereocenters. The highest BCUT2D eigenvalue weighted by atomic mass is 15.0. The molecule has 5 nitrogen and oxygen atoms in total. The highest BCUT2D eigenvalue weighted by Crippen LogP contribution is 2.42. The van der Waals surface area contributed by atoms with Crippen LogP contribution in [0.3, 0.4) is 0 Å². The van der Waals surface area contributed by atoms with Crippen molar-refractivity contribution in [3.63, 3.8) is 0 Å². The molecular weight excluding hydrogens is 635 g/mol. The third kappa shape index (κ3) is 4.63. The lowest BCUT2D eigenvalue weighted by molar-refractivity contribution is 1.16.